The van der Waals surface area contributed by atoms with Crippen molar-refractivity contribution in [3.05, 3.63) is 41.7 Å². The molecule has 2 aromatic heterocycles. The standard InChI is InChI=1S/C14H12ClN3O/c1-2-17-14-8-16-7-11(18-14)13-6-9-5-10(15)3-4-12(9)19-13/h3-8H,2H2,1H3,(H,17,18). The van der Waals surface area contributed by atoms with E-state index >= 15 is 0 Å². The van der Waals surface area contributed by atoms with Crippen LogP contribution in [-0.4, -0.2) is 16.5 Å². The van der Waals surface area contributed by atoms with Crippen LogP contribution in [0, 0.1) is 0 Å². The molecule has 1 N–H and O–H groups in total. The van der Waals surface area contributed by atoms with Crippen molar-refractivity contribution in [2.24, 2.45) is 0 Å². The van der Waals surface area contributed by atoms with Gasteiger partial charge in [-0.1, -0.05) is 11.6 Å². The Morgan fingerprint density at radius 1 is 1.26 bits per heavy atom. The van der Waals surface area contributed by atoms with E-state index in [1.54, 1.807) is 18.5 Å². The number of benzene rings is 1. The average molecular weight is 274 g/mol. The molecule has 0 radical (unpaired) electrons. The number of fused-ring (bicyclic) bond motifs is 1. The maximum atomic E-state index is 5.96. The second kappa shape index (κ2) is 4.90. The molecule has 0 spiro atoms. The fourth-order valence-electron chi connectivity index (χ4n) is 1.89. The summed E-state index contributed by atoms with van der Waals surface area (Å²) in [5, 5.41) is 4.77. The lowest BCUT2D eigenvalue weighted by molar-refractivity contribution is 0.628. The lowest BCUT2D eigenvalue weighted by atomic mass is 10.2. The topological polar surface area (TPSA) is 51.0 Å². The second-order valence-corrected chi connectivity index (χ2v) is 4.55. The molecule has 0 aliphatic heterocycles. The first-order valence-electron chi connectivity index (χ1n) is 6.01. The van der Waals surface area contributed by atoms with Crippen molar-refractivity contribution < 1.29 is 4.42 Å². The third-order valence-corrected chi connectivity index (χ3v) is 2.96. The minimum atomic E-state index is 0.685. The van der Waals surface area contributed by atoms with E-state index in [1.165, 1.54) is 0 Å². The van der Waals surface area contributed by atoms with Crippen LogP contribution in [-0.2, 0) is 0 Å². The summed E-state index contributed by atoms with van der Waals surface area (Å²) in [6.07, 6.45) is 3.37. The minimum Gasteiger partial charge on any atom is -0.454 e. The molecule has 0 saturated carbocycles. The molecule has 0 atom stereocenters. The average Bonchev–Trinajstić information content (AvgIpc) is 2.82. The molecule has 0 saturated heterocycles. The lowest BCUT2D eigenvalue weighted by Gasteiger charge is -2.02. The molecule has 2 heterocycles. The van der Waals surface area contributed by atoms with Crippen molar-refractivity contribution in [2.45, 2.75) is 6.92 Å². The first-order valence-corrected chi connectivity index (χ1v) is 6.39. The highest BCUT2D eigenvalue weighted by Crippen LogP contribution is 2.28. The summed E-state index contributed by atoms with van der Waals surface area (Å²) < 4.78 is 5.75. The summed E-state index contributed by atoms with van der Waals surface area (Å²) in [6, 6.07) is 7.44. The van der Waals surface area contributed by atoms with Crippen molar-refractivity contribution in [2.75, 3.05) is 11.9 Å². The zero-order chi connectivity index (χ0) is 13.2. The Morgan fingerprint density at radius 3 is 3.00 bits per heavy atom. The molecule has 3 rings (SSSR count). The number of hydrogen-bond acceptors (Lipinski definition) is 4. The summed E-state index contributed by atoms with van der Waals surface area (Å²) in [4.78, 5) is 8.61. The first kappa shape index (κ1) is 12.0. The van der Waals surface area contributed by atoms with Gasteiger partial charge in [0.15, 0.2) is 5.76 Å². The minimum absolute atomic E-state index is 0.685. The van der Waals surface area contributed by atoms with E-state index in [2.05, 4.69) is 15.3 Å². The van der Waals surface area contributed by atoms with Crippen LogP contribution in [0.15, 0.2) is 41.1 Å². The Hall–Kier alpha value is -2.07. The number of rotatable bonds is 3. The van der Waals surface area contributed by atoms with E-state index < -0.39 is 0 Å². The van der Waals surface area contributed by atoms with Crippen LogP contribution in [0.25, 0.3) is 22.4 Å². The van der Waals surface area contributed by atoms with Gasteiger partial charge in [0.2, 0.25) is 0 Å². The van der Waals surface area contributed by atoms with Crippen LogP contribution in [0.5, 0.6) is 0 Å². The molecule has 96 valence electrons. The Balaban J connectivity index is 2.05. The van der Waals surface area contributed by atoms with Crippen LogP contribution < -0.4 is 5.32 Å². The molecule has 0 aliphatic carbocycles. The second-order valence-electron chi connectivity index (χ2n) is 4.11. The Labute approximate surface area is 115 Å². The summed E-state index contributed by atoms with van der Waals surface area (Å²) >= 11 is 5.96. The van der Waals surface area contributed by atoms with Crippen LogP contribution in [0.4, 0.5) is 5.82 Å². The molecule has 5 heteroatoms. The van der Waals surface area contributed by atoms with Gasteiger partial charge < -0.3 is 9.73 Å². The van der Waals surface area contributed by atoms with E-state index in [9.17, 15) is 0 Å². The highest BCUT2D eigenvalue weighted by Gasteiger charge is 2.09. The number of nitrogens with one attached hydrogen (secondary N) is 1. The molecule has 0 bridgehead atoms. The van der Waals surface area contributed by atoms with Gasteiger partial charge in [-0.25, -0.2) is 4.98 Å². The van der Waals surface area contributed by atoms with Gasteiger partial charge in [0.25, 0.3) is 0 Å². The maximum Gasteiger partial charge on any atom is 0.155 e. The third kappa shape index (κ3) is 2.39. The Bertz CT molecular complexity index is 724. The first-order chi connectivity index (χ1) is 9.26. The summed E-state index contributed by atoms with van der Waals surface area (Å²) in [5.74, 6) is 1.42. The van der Waals surface area contributed by atoms with Crippen molar-refractivity contribution >= 4 is 28.4 Å². The van der Waals surface area contributed by atoms with E-state index in [-0.39, 0.29) is 0 Å². The van der Waals surface area contributed by atoms with Crippen molar-refractivity contribution in [3.63, 3.8) is 0 Å². The predicted octanol–water partition coefficient (Wildman–Crippen LogP) is 3.98. The maximum absolute atomic E-state index is 5.96. The zero-order valence-corrected chi connectivity index (χ0v) is 11.1. The smallest absolute Gasteiger partial charge is 0.155 e. The van der Waals surface area contributed by atoms with E-state index in [0.29, 0.717) is 16.5 Å². The fraction of sp³-hybridized carbons (Fsp3) is 0.143. The van der Waals surface area contributed by atoms with Crippen LogP contribution in [0.1, 0.15) is 6.92 Å². The van der Waals surface area contributed by atoms with Crippen LogP contribution in [0.3, 0.4) is 0 Å². The molecular weight excluding hydrogens is 262 g/mol. The fourth-order valence-corrected chi connectivity index (χ4v) is 2.07. The SMILES string of the molecule is CCNc1cncc(-c2cc3cc(Cl)ccc3o2)n1. The van der Waals surface area contributed by atoms with Gasteiger partial charge in [0, 0.05) is 17.0 Å². The van der Waals surface area contributed by atoms with Crippen molar-refractivity contribution in [1.82, 2.24) is 9.97 Å². The number of hydrogen-bond donors (Lipinski definition) is 1. The number of halogens is 1. The van der Waals surface area contributed by atoms with Crippen LogP contribution in [0.2, 0.25) is 5.02 Å². The van der Waals surface area contributed by atoms with E-state index in [1.807, 2.05) is 25.1 Å². The van der Waals surface area contributed by atoms with Gasteiger partial charge in [-0.3, -0.25) is 4.98 Å². The Morgan fingerprint density at radius 2 is 2.16 bits per heavy atom. The quantitative estimate of drug-likeness (QED) is 0.784. The molecule has 4 nitrogen and oxygen atoms in total. The highest BCUT2D eigenvalue weighted by atomic mass is 35.5. The molecule has 0 aliphatic rings. The van der Waals surface area contributed by atoms with Gasteiger partial charge >= 0.3 is 0 Å². The molecule has 0 amide bonds. The van der Waals surface area contributed by atoms with E-state index in [4.69, 9.17) is 16.0 Å². The van der Waals surface area contributed by atoms with Gasteiger partial charge in [-0.15, -0.1) is 0 Å². The number of furan rings is 1. The van der Waals surface area contributed by atoms with Crippen molar-refractivity contribution in [1.29, 1.82) is 0 Å². The summed E-state index contributed by atoms with van der Waals surface area (Å²) in [6.45, 7) is 2.81. The van der Waals surface area contributed by atoms with Gasteiger partial charge in [0.1, 0.15) is 17.1 Å². The van der Waals surface area contributed by atoms with Gasteiger partial charge in [0.05, 0.1) is 12.4 Å². The van der Waals surface area contributed by atoms with Crippen LogP contribution >= 0.6 is 11.6 Å². The molecule has 0 unspecified atom stereocenters. The highest BCUT2D eigenvalue weighted by molar-refractivity contribution is 6.31. The zero-order valence-electron chi connectivity index (χ0n) is 10.4. The van der Waals surface area contributed by atoms with Gasteiger partial charge in [-0.2, -0.15) is 0 Å². The monoisotopic (exact) mass is 273 g/mol. The van der Waals surface area contributed by atoms with Crippen molar-refractivity contribution in [3.8, 4) is 11.5 Å². The number of nitrogens with zero attached hydrogens (tertiary/aromatic N) is 2. The lowest BCUT2D eigenvalue weighted by Crippen LogP contribution is -2.00. The molecule has 1 aromatic carbocycles. The molecule has 0 fully saturated rings. The molecule has 19 heavy (non-hydrogen) atoms. The number of aromatic nitrogens is 2. The molecule has 3 aromatic rings. The predicted molar refractivity (Wildman–Crippen MR) is 76.4 cm³/mol. The van der Waals surface area contributed by atoms with Gasteiger partial charge in [-0.05, 0) is 31.2 Å². The number of anilines is 1. The third-order valence-electron chi connectivity index (χ3n) is 2.72. The summed E-state index contributed by atoms with van der Waals surface area (Å²) in [5.41, 5.74) is 1.49. The van der Waals surface area contributed by atoms with E-state index in [0.717, 1.165) is 23.3 Å². The Kier molecular flexibility index (Phi) is 3.09. The molecular formula is C14H12ClN3O. The largest absolute Gasteiger partial charge is 0.454 e. The normalized spacial score (nSPS) is 10.8. The summed E-state index contributed by atoms with van der Waals surface area (Å²) in [7, 11) is 0.